The Morgan fingerprint density at radius 3 is 3.00 bits per heavy atom. The Morgan fingerprint density at radius 1 is 1.71 bits per heavy atom. The van der Waals surface area contributed by atoms with E-state index >= 15 is 0 Å². The van der Waals surface area contributed by atoms with Gasteiger partial charge in [0.25, 0.3) is 0 Å². The van der Waals surface area contributed by atoms with Crippen molar-refractivity contribution in [2.24, 2.45) is 5.73 Å². The van der Waals surface area contributed by atoms with E-state index < -0.39 is 0 Å². The molecule has 0 unspecified atom stereocenters. The van der Waals surface area contributed by atoms with E-state index in [-0.39, 0.29) is 11.7 Å². The highest BCUT2D eigenvalue weighted by molar-refractivity contribution is 6.31. The van der Waals surface area contributed by atoms with Crippen LogP contribution in [0.2, 0.25) is 5.02 Å². The number of methoxy groups -OCH3 is 1. The van der Waals surface area contributed by atoms with Gasteiger partial charge < -0.3 is 10.5 Å². The lowest BCUT2D eigenvalue weighted by molar-refractivity contribution is 0.179. The molecule has 0 aliphatic heterocycles. The Hall–Kier alpha value is -1.15. The number of nitriles is 1. The van der Waals surface area contributed by atoms with Crippen molar-refractivity contribution in [3.63, 3.8) is 0 Å². The molecule has 0 radical (unpaired) electrons. The minimum Gasteiger partial charge on any atom is -0.383 e. The average molecular weight is 212 g/mol. The summed E-state index contributed by atoms with van der Waals surface area (Å²) in [5.74, 6) is 0. The van der Waals surface area contributed by atoms with Gasteiger partial charge in [0.2, 0.25) is 0 Å². The van der Waals surface area contributed by atoms with E-state index in [1.165, 1.54) is 0 Å². The van der Waals surface area contributed by atoms with Crippen LogP contribution < -0.4 is 5.73 Å². The van der Waals surface area contributed by atoms with Crippen LogP contribution in [0, 0.1) is 11.3 Å². The number of aromatic nitrogens is 1. The molecular weight excluding hydrogens is 202 g/mol. The van der Waals surface area contributed by atoms with E-state index in [0.717, 1.165) is 0 Å². The SMILES string of the molecule is COC[C@H](N)c1ccc(Cl)c(C#N)n1. The van der Waals surface area contributed by atoms with E-state index in [1.807, 2.05) is 6.07 Å². The van der Waals surface area contributed by atoms with Crippen LogP contribution >= 0.6 is 11.6 Å². The van der Waals surface area contributed by atoms with Gasteiger partial charge in [-0.05, 0) is 12.1 Å². The van der Waals surface area contributed by atoms with E-state index in [2.05, 4.69) is 4.98 Å². The van der Waals surface area contributed by atoms with Crippen molar-refractivity contribution in [1.82, 2.24) is 4.98 Å². The van der Waals surface area contributed by atoms with Crippen molar-refractivity contribution in [2.45, 2.75) is 6.04 Å². The van der Waals surface area contributed by atoms with Gasteiger partial charge in [-0.2, -0.15) is 5.26 Å². The summed E-state index contributed by atoms with van der Waals surface area (Å²) in [6, 6.07) is 4.86. The molecule has 0 amide bonds. The number of hydrogen-bond acceptors (Lipinski definition) is 4. The molecule has 74 valence electrons. The average Bonchev–Trinajstić information content (AvgIpc) is 2.19. The normalized spacial score (nSPS) is 12.1. The number of rotatable bonds is 3. The predicted molar refractivity (Wildman–Crippen MR) is 52.8 cm³/mol. The van der Waals surface area contributed by atoms with Gasteiger partial charge in [0, 0.05) is 7.11 Å². The summed E-state index contributed by atoms with van der Waals surface area (Å²) in [6.45, 7) is 0.361. The van der Waals surface area contributed by atoms with Crippen LogP contribution in [0.15, 0.2) is 12.1 Å². The quantitative estimate of drug-likeness (QED) is 0.817. The van der Waals surface area contributed by atoms with Crippen LogP contribution in [-0.2, 0) is 4.74 Å². The zero-order valence-corrected chi connectivity index (χ0v) is 8.45. The minimum atomic E-state index is -0.329. The van der Waals surface area contributed by atoms with Gasteiger partial charge in [-0.3, -0.25) is 0 Å². The van der Waals surface area contributed by atoms with Crippen molar-refractivity contribution in [3.05, 3.63) is 28.5 Å². The second-order valence-electron chi connectivity index (χ2n) is 2.74. The van der Waals surface area contributed by atoms with Crippen LogP contribution in [-0.4, -0.2) is 18.7 Å². The molecule has 0 aliphatic rings. The van der Waals surface area contributed by atoms with Crippen molar-refractivity contribution in [3.8, 4) is 6.07 Å². The Labute approximate surface area is 87.3 Å². The number of pyridine rings is 1. The van der Waals surface area contributed by atoms with Crippen LogP contribution in [0.5, 0.6) is 0 Å². The molecule has 0 saturated carbocycles. The molecule has 1 aromatic heterocycles. The largest absolute Gasteiger partial charge is 0.383 e. The van der Waals surface area contributed by atoms with Crippen LogP contribution in [0.1, 0.15) is 17.4 Å². The fourth-order valence-corrected chi connectivity index (χ4v) is 1.15. The van der Waals surface area contributed by atoms with Crippen LogP contribution in [0.25, 0.3) is 0 Å². The van der Waals surface area contributed by atoms with Gasteiger partial charge in [-0.1, -0.05) is 11.6 Å². The topological polar surface area (TPSA) is 71.9 Å². The zero-order chi connectivity index (χ0) is 10.6. The summed E-state index contributed by atoms with van der Waals surface area (Å²) in [5.41, 5.74) is 6.53. The van der Waals surface area contributed by atoms with Crippen molar-refractivity contribution < 1.29 is 4.74 Å². The summed E-state index contributed by atoms with van der Waals surface area (Å²) < 4.78 is 4.88. The summed E-state index contributed by atoms with van der Waals surface area (Å²) in [6.07, 6.45) is 0. The molecular formula is C9H10ClN3O. The highest BCUT2D eigenvalue weighted by Gasteiger charge is 2.09. The maximum Gasteiger partial charge on any atom is 0.159 e. The van der Waals surface area contributed by atoms with Gasteiger partial charge in [0.1, 0.15) is 6.07 Å². The van der Waals surface area contributed by atoms with Crippen molar-refractivity contribution >= 4 is 11.6 Å². The van der Waals surface area contributed by atoms with Gasteiger partial charge in [0.05, 0.1) is 23.4 Å². The predicted octanol–water partition coefficient (Wildman–Crippen LogP) is 1.25. The van der Waals surface area contributed by atoms with Gasteiger partial charge >= 0.3 is 0 Å². The van der Waals surface area contributed by atoms with Gasteiger partial charge in [-0.15, -0.1) is 0 Å². The Bertz CT molecular complexity index is 362. The first kappa shape index (κ1) is 10.9. The number of nitrogens with two attached hydrogens (primary N) is 1. The molecule has 0 saturated heterocycles. The fraction of sp³-hybridized carbons (Fsp3) is 0.333. The second-order valence-corrected chi connectivity index (χ2v) is 3.15. The lowest BCUT2D eigenvalue weighted by Gasteiger charge is -2.09. The Balaban J connectivity index is 2.95. The molecule has 2 N–H and O–H groups in total. The van der Waals surface area contributed by atoms with Crippen molar-refractivity contribution in [1.29, 1.82) is 5.26 Å². The number of nitrogens with zero attached hydrogens (tertiary/aromatic N) is 2. The van der Waals surface area contributed by atoms with Crippen LogP contribution in [0.3, 0.4) is 0 Å². The first-order valence-electron chi connectivity index (χ1n) is 4.00. The highest BCUT2D eigenvalue weighted by atomic mass is 35.5. The summed E-state index contributed by atoms with van der Waals surface area (Å²) in [7, 11) is 1.56. The molecule has 0 aromatic carbocycles. The molecule has 14 heavy (non-hydrogen) atoms. The number of hydrogen-bond donors (Lipinski definition) is 1. The third kappa shape index (κ3) is 2.42. The number of halogens is 1. The lowest BCUT2D eigenvalue weighted by atomic mass is 10.2. The summed E-state index contributed by atoms with van der Waals surface area (Å²) in [4.78, 5) is 4.01. The standard InChI is InChI=1S/C9H10ClN3O/c1-14-5-7(12)8-3-2-6(10)9(4-11)13-8/h2-3,7H,5,12H2,1H3/t7-/m0/s1. The maximum atomic E-state index is 8.69. The summed E-state index contributed by atoms with van der Waals surface area (Å²) >= 11 is 5.72. The first-order valence-corrected chi connectivity index (χ1v) is 4.38. The van der Waals surface area contributed by atoms with Crippen LogP contribution in [0.4, 0.5) is 0 Å². The highest BCUT2D eigenvalue weighted by Crippen LogP contribution is 2.16. The van der Waals surface area contributed by atoms with E-state index in [4.69, 9.17) is 27.3 Å². The molecule has 1 aromatic rings. The Morgan fingerprint density at radius 2 is 2.43 bits per heavy atom. The molecule has 4 nitrogen and oxygen atoms in total. The fourth-order valence-electron chi connectivity index (χ4n) is 1.01. The second kappa shape index (κ2) is 4.91. The zero-order valence-electron chi connectivity index (χ0n) is 7.70. The molecule has 0 spiro atoms. The lowest BCUT2D eigenvalue weighted by Crippen LogP contribution is -2.17. The number of ether oxygens (including phenoxy) is 1. The smallest absolute Gasteiger partial charge is 0.159 e. The van der Waals surface area contributed by atoms with Gasteiger partial charge in [0.15, 0.2) is 5.69 Å². The van der Waals surface area contributed by atoms with E-state index in [9.17, 15) is 0 Å². The molecule has 0 bridgehead atoms. The summed E-state index contributed by atoms with van der Waals surface area (Å²) in [5, 5.41) is 9.02. The third-order valence-electron chi connectivity index (χ3n) is 1.70. The molecule has 0 fully saturated rings. The Kier molecular flexibility index (Phi) is 3.84. The first-order chi connectivity index (χ1) is 6.69. The van der Waals surface area contributed by atoms with Gasteiger partial charge in [-0.25, -0.2) is 4.98 Å². The molecule has 0 aliphatic carbocycles. The molecule has 1 rings (SSSR count). The maximum absolute atomic E-state index is 8.69. The van der Waals surface area contributed by atoms with E-state index in [1.54, 1.807) is 19.2 Å². The third-order valence-corrected chi connectivity index (χ3v) is 2.00. The van der Waals surface area contributed by atoms with Crippen molar-refractivity contribution in [2.75, 3.05) is 13.7 Å². The monoisotopic (exact) mass is 211 g/mol. The molecule has 1 atom stereocenters. The molecule has 1 heterocycles. The minimum absolute atomic E-state index is 0.190. The molecule has 5 heteroatoms. The van der Waals surface area contributed by atoms with E-state index in [0.29, 0.717) is 17.3 Å².